The first-order chi connectivity index (χ1) is 8.38. The lowest BCUT2D eigenvalue weighted by molar-refractivity contribution is 0.112. The topological polar surface area (TPSA) is 42.9 Å². The van der Waals surface area contributed by atoms with Crippen LogP contribution in [0, 0.1) is 0 Å². The Kier molecular flexibility index (Phi) is 2.42. The van der Waals surface area contributed by atoms with Crippen LogP contribution in [0.25, 0.3) is 21.6 Å². The van der Waals surface area contributed by atoms with Gasteiger partial charge >= 0.3 is 0 Å². The molecular weight excluding hydrogens is 232 g/mol. The minimum absolute atomic E-state index is 0.395. The second kappa shape index (κ2) is 4.07. The van der Waals surface area contributed by atoms with E-state index in [1.165, 1.54) is 0 Å². The third kappa shape index (κ3) is 1.72. The number of nitrogens with zero attached hydrogens (tertiary/aromatic N) is 2. The number of rotatable bonds is 2. The third-order valence-corrected chi connectivity index (χ3v) is 3.34. The SMILES string of the molecule is O=Cc1nc2ccccc2nc1-c1cccs1. The molecule has 1 aromatic carbocycles. The van der Waals surface area contributed by atoms with Crippen LogP contribution < -0.4 is 0 Å². The van der Waals surface area contributed by atoms with Crippen LogP contribution in [0.15, 0.2) is 41.8 Å². The molecule has 3 rings (SSSR count). The van der Waals surface area contributed by atoms with E-state index in [2.05, 4.69) is 9.97 Å². The summed E-state index contributed by atoms with van der Waals surface area (Å²) in [4.78, 5) is 20.9. The van der Waals surface area contributed by atoms with Crippen molar-refractivity contribution >= 4 is 28.7 Å². The van der Waals surface area contributed by atoms with Gasteiger partial charge in [0.15, 0.2) is 6.29 Å². The van der Waals surface area contributed by atoms with Gasteiger partial charge in [-0.2, -0.15) is 0 Å². The molecule has 0 amide bonds. The van der Waals surface area contributed by atoms with Crippen LogP contribution in [0.5, 0.6) is 0 Å². The van der Waals surface area contributed by atoms with Gasteiger partial charge in [0.25, 0.3) is 0 Å². The van der Waals surface area contributed by atoms with Gasteiger partial charge in [-0.3, -0.25) is 4.79 Å². The molecule has 0 aliphatic rings. The van der Waals surface area contributed by atoms with Crippen molar-refractivity contribution in [2.45, 2.75) is 0 Å². The fraction of sp³-hybridized carbons (Fsp3) is 0. The molecule has 82 valence electrons. The Morgan fingerprint density at radius 2 is 1.76 bits per heavy atom. The van der Waals surface area contributed by atoms with Crippen molar-refractivity contribution in [3.63, 3.8) is 0 Å². The maximum atomic E-state index is 11.1. The number of carbonyl (C=O) groups is 1. The monoisotopic (exact) mass is 240 g/mol. The summed E-state index contributed by atoms with van der Waals surface area (Å²) in [6, 6.07) is 11.4. The number of carbonyl (C=O) groups excluding carboxylic acids is 1. The number of hydrogen-bond acceptors (Lipinski definition) is 4. The van der Waals surface area contributed by atoms with Gasteiger partial charge in [-0.05, 0) is 23.6 Å². The zero-order valence-electron chi connectivity index (χ0n) is 8.83. The van der Waals surface area contributed by atoms with Crippen LogP contribution >= 0.6 is 11.3 Å². The molecule has 2 heterocycles. The Hall–Kier alpha value is -2.07. The summed E-state index contributed by atoms with van der Waals surface area (Å²) >= 11 is 1.55. The first kappa shape index (κ1) is 10.1. The number of para-hydroxylation sites is 2. The predicted molar refractivity (Wildman–Crippen MR) is 68.2 cm³/mol. The zero-order chi connectivity index (χ0) is 11.7. The second-order valence-corrected chi connectivity index (χ2v) is 4.49. The standard InChI is InChI=1S/C13H8N2OS/c16-8-11-13(12-6-3-7-17-12)15-10-5-2-1-4-9(10)14-11/h1-8H. The normalized spacial score (nSPS) is 10.6. The quantitative estimate of drug-likeness (QED) is 0.646. The van der Waals surface area contributed by atoms with Crippen molar-refractivity contribution in [3.8, 4) is 10.6 Å². The van der Waals surface area contributed by atoms with E-state index in [0.29, 0.717) is 11.4 Å². The third-order valence-electron chi connectivity index (χ3n) is 2.46. The van der Waals surface area contributed by atoms with Gasteiger partial charge in [0, 0.05) is 0 Å². The van der Waals surface area contributed by atoms with Crippen molar-refractivity contribution in [1.82, 2.24) is 9.97 Å². The summed E-state index contributed by atoms with van der Waals surface area (Å²) in [6.45, 7) is 0. The number of benzene rings is 1. The van der Waals surface area contributed by atoms with Crippen LogP contribution in [0.3, 0.4) is 0 Å². The average molecular weight is 240 g/mol. The number of thiophene rings is 1. The van der Waals surface area contributed by atoms with E-state index in [-0.39, 0.29) is 0 Å². The van der Waals surface area contributed by atoms with Crippen LogP contribution in [-0.4, -0.2) is 16.3 Å². The highest BCUT2D eigenvalue weighted by Crippen LogP contribution is 2.26. The van der Waals surface area contributed by atoms with E-state index in [1.807, 2.05) is 41.8 Å². The fourth-order valence-electron chi connectivity index (χ4n) is 1.69. The number of fused-ring (bicyclic) bond motifs is 1. The Morgan fingerprint density at radius 3 is 2.41 bits per heavy atom. The lowest BCUT2D eigenvalue weighted by Gasteiger charge is -2.03. The first-order valence-corrected chi connectivity index (χ1v) is 6.02. The van der Waals surface area contributed by atoms with Crippen molar-refractivity contribution in [2.75, 3.05) is 0 Å². The van der Waals surface area contributed by atoms with Gasteiger partial charge in [0.2, 0.25) is 0 Å². The van der Waals surface area contributed by atoms with E-state index < -0.39 is 0 Å². The molecule has 0 saturated heterocycles. The molecule has 0 aliphatic carbocycles. The molecule has 0 saturated carbocycles. The predicted octanol–water partition coefficient (Wildman–Crippen LogP) is 3.17. The highest BCUT2D eigenvalue weighted by molar-refractivity contribution is 7.13. The largest absolute Gasteiger partial charge is 0.296 e. The molecule has 2 aromatic heterocycles. The van der Waals surface area contributed by atoms with E-state index in [9.17, 15) is 4.79 Å². The van der Waals surface area contributed by atoms with Gasteiger partial charge in [0.05, 0.1) is 15.9 Å². The number of hydrogen-bond donors (Lipinski definition) is 0. The van der Waals surface area contributed by atoms with Crippen LogP contribution in [0.2, 0.25) is 0 Å². The summed E-state index contributed by atoms with van der Waals surface area (Å²) in [7, 11) is 0. The molecule has 0 fully saturated rings. The molecule has 0 bridgehead atoms. The first-order valence-electron chi connectivity index (χ1n) is 5.14. The summed E-state index contributed by atoms with van der Waals surface area (Å²) in [6.07, 6.45) is 0.758. The summed E-state index contributed by atoms with van der Waals surface area (Å²) in [5.74, 6) is 0. The van der Waals surface area contributed by atoms with Gasteiger partial charge in [0.1, 0.15) is 11.4 Å². The molecule has 0 atom stereocenters. The molecule has 0 unspecified atom stereocenters. The van der Waals surface area contributed by atoms with Crippen molar-refractivity contribution in [3.05, 3.63) is 47.5 Å². The van der Waals surface area contributed by atoms with Crippen LogP contribution in [0.4, 0.5) is 0 Å². The molecule has 0 N–H and O–H groups in total. The second-order valence-electron chi connectivity index (χ2n) is 3.54. The van der Waals surface area contributed by atoms with Gasteiger partial charge in [-0.15, -0.1) is 11.3 Å². The Morgan fingerprint density at radius 1 is 1.00 bits per heavy atom. The molecule has 0 aliphatic heterocycles. The Balaban J connectivity index is 2.33. The molecule has 4 heteroatoms. The van der Waals surface area contributed by atoms with E-state index in [0.717, 1.165) is 22.2 Å². The van der Waals surface area contributed by atoms with Crippen molar-refractivity contribution < 1.29 is 4.79 Å². The van der Waals surface area contributed by atoms with Crippen molar-refractivity contribution in [2.24, 2.45) is 0 Å². The van der Waals surface area contributed by atoms with Gasteiger partial charge in [-0.25, -0.2) is 9.97 Å². The van der Waals surface area contributed by atoms with Gasteiger partial charge < -0.3 is 0 Å². The van der Waals surface area contributed by atoms with Gasteiger partial charge in [-0.1, -0.05) is 18.2 Å². The van der Waals surface area contributed by atoms with E-state index in [1.54, 1.807) is 11.3 Å². The van der Waals surface area contributed by atoms with Crippen LogP contribution in [0.1, 0.15) is 10.5 Å². The molecule has 0 spiro atoms. The van der Waals surface area contributed by atoms with E-state index in [4.69, 9.17) is 0 Å². The summed E-state index contributed by atoms with van der Waals surface area (Å²) < 4.78 is 0. The number of aromatic nitrogens is 2. The van der Waals surface area contributed by atoms with Crippen molar-refractivity contribution in [1.29, 1.82) is 0 Å². The summed E-state index contributed by atoms with van der Waals surface area (Å²) in [5, 5.41) is 1.96. The summed E-state index contributed by atoms with van der Waals surface area (Å²) in [5.41, 5.74) is 2.61. The van der Waals surface area contributed by atoms with Crippen LogP contribution in [-0.2, 0) is 0 Å². The molecule has 3 nitrogen and oxygen atoms in total. The zero-order valence-corrected chi connectivity index (χ0v) is 9.65. The lowest BCUT2D eigenvalue weighted by atomic mass is 10.2. The highest BCUT2D eigenvalue weighted by atomic mass is 32.1. The van der Waals surface area contributed by atoms with E-state index >= 15 is 0 Å². The number of aldehydes is 1. The smallest absolute Gasteiger partial charge is 0.170 e. The highest BCUT2D eigenvalue weighted by Gasteiger charge is 2.10. The fourth-order valence-corrected chi connectivity index (χ4v) is 2.41. The maximum absolute atomic E-state index is 11.1. The molecule has 3 aromatic rings. The Labute approximate surface area is 102 Å². The molecule has 17 heavy (non-hydrogen) atoms. The lowest BCUT2D eigenvalue weighted by Crippen LogP contribution is -1.96. The molecule has 0 radical (unpaired) electrons. The maximum Gasteiger partial charge on any atom is 0.170 e. The molecular formula is C13H8N2OS. The minimum atomic E-state index is 0.395. The Bertz CT molecular complexity index is 677. The average Bonchev–Trinajstić information content (AvgIpc) is 2.91. The minimum Gasteiger partial charge on any atom is -0.296 e.